The molecule has 9 heteroatoms. The van der Waals surface area contributed by atoms with Crippen molar-refractivity contribution in [3.05, 3.63) is 89.5 Å². The lowest BCUT2D eigenvalue weighted by molar-refractivity contribution is -0.123. The first-order valence-electron chi connectivity index (χ1n) is 13.8. The molecule has 3 aromatic carbocycles. The SMILES string of the molecule is CCC(C)NC(=O)CN1C(=O)CSC(c2ccc3c(c2)OCO3)c2c(-c3ccccc3)nn(-c3cccc(C)c3)c21. The number of rotatable bonds is 7. The van der Waals surface area contributed by atoms with E-state index < -0.39 is 0 Å². The van der Waals surface area contributed by atoms with Crippen LogP contribution in [0, 0.1) is 6.92 Å². The minimum Gasteiger partial charge on any atom is -0.454 e. The standard InChI is InChI=1S/C32H32N4O4S/c1-4-21(3)33-27(37)17-35-28(38)18-41-31(23-13-14-25-26(16-23)40-19-39-25)29-30(22-10-6-5-7-11-22)34-36(32(29)35)24-12-8-9-20(2)15-24/h5-16,21,31H,4,17-19H2,1-3H3,(H,33,37). The average molecular weight is 569 g/mol. The second-order valence-corrected chi connectivity index (χ2v) is 11.5. The second-order valence-electron chi connectivity index (χ2n) is 10.4. The van der Waals surface area contributed by atoms with Gasteiger partial charge in [0.2, 0.25) is 18.6 Å². The summed E-state index contributed by atoms with van der Waals surface area (Å²) in [7, 11) is 0. The largest absolute Gasteiger partial charge is 0.454 e. The maximum Gasteiger partial charge on any atom is 0.240 e. The Hall–Kier alpha value is -4.24. The summed E-state index contributed by atoms with van der Waals surface area (Å²) in [5.41, 5.74) is 5.43. The Kier molecular flexibility index (Phi) is 7.45. The Morgan fingerprint density at radius 3 is 2.66 bits per heavy atom. The number of thioether (sulfide) groups is 1. The highest BCUT2D eigenvalue weighted by molar-refractivity contribution is 8.00. The van der Waals surface area contributed by atoms with Crippen LogP contribution in [0.2, 0.25) is 0 Å². The van der Waals surface area contributed by atoms with E-state index in [0.717, 1.165) is 40.1 Å². The van der Waals surface area contributed by atoms with Crippen LogP contribution in [0.3, 0.4) is 0 Å². The molecule has 0 aliphatic carbocycles. The van der Waals surface area contributed by atoms with Crippen LogP contribution in [0.4, 0.5) is 5.82 Å². The van der Waals surface area contributed by atoms with Crippen LogP contribution in [0.5, 0.6) is 11.5 Å². The molecule has 0 radical (unpaired) electrons. The van der Waals surface area contributed by atoms with Crippen molar-refractivity contribution in [3.8, 4) is 28.4 Å². The molecule has 41 heavy (non-hydrogen) atoms. The van der Waals surface area contributed by atoms with E-state index >= 15 is 0 Å². The van der Waals surface area contributed by atoms with Crippen molar-refractivity contribution in [2.45, 2.75) is 38.5 Å². The summed E-state index contributed by atoms with van der Waals surface area (Å²) in [5, 5.41) is 7.93. The maximum absolute atomic E-state index is 13.9. The number of benzene rings is 3. The topological polar surface area (TPSA) is 85.7 Å². The van der Waals surface area contributed by atoms with E-state index in [1.54, 1.807) is 4.90 Å². The van der Waals surface area contributed by atoms with Crippen LogP contribution in [-0.2, 0) is 9.59 Å². The Balaban J connectivity index is 1.59. The Morgan fingerprint density at radius 1 is 1.07 bits per heavy atom. The van der Waals surface area contributed by atoms with Gasteiger partial charge in [0, 0.05) is 17.2 Å². The molecule has 0 spiro atoms. The monoisotopic (exact) mass is 568 g/mol. The third kappa shape index (κ3) is 5.29. The van der Waals surface area contributed by atoms with Crippen LogP contribution < -0.4 is 19.7 Å². The number of nitrogens with zero attached hydrogens (tertiary/aromatic N) is 3. The molecule has 0 bridgehead atoms. The van der Waals surface area contributed by atoms with Crippen LogP contribution in [0.15, 0.2) is 72.8 Å². The minimum atomic E-state index is -0.250. The van der Waals surface area contributed by atoms with Gasteiger partial charge in [-0.3, -0.25) is 14.5 Å². The van der Waals surface area contributed by atoms with Crippen LogP contribution in [0.1, 0.15) is 42.2 Å². The van der Waals surface area contributed by atoms with Gasteiger partial charge in [0.05, 0.1) is 22.4 Å². The number of carbonyl (C=O) groups excluding carboxylic acids is 2. The highest BCUT2D eigenvalue weighted by Gasteiger charge is 2.38. The molecule has 6 rings (SSSR count). The van der Waals surface area contributed by atoms with Gasteiger partial charge in [-0.25, -0.2) is 4.68 Å². The maximum atomic E-state index is 13.9. The molecule has 210 valence electrons. The first kappa shape index (κ1) is 27.0. The van der Waals surface area contributed by atoms with Crippen molar-refractivity contribution >= 4 is 29.4 Å². The van der Waals surface area contributed by atoms with Gasteiger partial charge in [0.25, 0.3) is 0 Å². The summed E-state index contributed by atoms with van der Waals surface area (Å²) in [6.45, 7) is 6.09. The van der Waals surface area contributed by atoms with Gasteiger partial charge in [-0.05, 0) is 55.7 Å². The van der Waals surface area contributed by atoms with E-state index in [4.69, 9.17) is 14.6 Å². The fourth-order valence-electron chi connectivity index (χ4n) is 5.17. The lowest BCUT2D eigenvalue weighted by Crippen LogP contribution is -2.44. The summed E-state index contributed by atoms with van der Waals surface area (Å²) in [6, 6.07) is 23.9. The highest BCUT2D eigenvalue weighted by Crippen LogP contribution is 2.50. The summed E-state index contributed by atoms with van der Waals surface area (Å²) < 4.78 is 13.1. The van der Waals surface area contributed by atoms with E-state index in [-0.39, 0.29) is 42.2 Å². The zero-order valence-electron chi connectivity index (χ0n) is 23.3. The number of ether oxygens (including phenoxy) is 2. The summed E-state index contributed by atoms with van der Waals surface area (Å²) >= 11 is 1.53. The molecule has 2 amide bonds. The molecular formula is C32H32N4O4S. The van der Waals surface area contributed by atoms with Gasteiger partial charge in [-0.1, -0.05) is 55.5 Å². The molecule has 2 unspecified atom stereocenters. The van der Waals surface area contributed by atoms with Crippen LogP contribution >= 0.6 is 11.8 Å². The second kappa shape index (κ2) is 11.3. The first-order chi connectivity index (χ1) is 19.9. The zero-order chi connectivity index (χ0) is 28.5. The number of nitrogens with one attached hydrogen (secondary N) is 1. The molecule has 0 saturated carbocycles. The highest BCUT2D eigenvalue weighted by atomic mass is 32.2. The predicted molar refractivity (Wildman–Crippen MR) is 161 cm³/mol. The van der Waals surface area contributed by atoms with Crippen LogP contribution in [0.25, 0.3) is 16.9 Å². The molecule has 0 saturated heterocycles. The fraction of sp³-hybridized carbons (Fsp3) is 0.281. The smallest absolute Gasteiger partial charge is 0.240 e. The first-order valence-corrected chi connectivity index (χ1v) is 14.8. The van der Waals surface area contributed by atoms with E-state index in [0.29, 0.717) is 17.3 Å². The third-order valence-corrected chi connectivity index (χ3v) is 8.66. The molecule has 3 heterocycles. The van der Waals surface area contributed by atoms with Gasteiger partial charge in [-0.2, -0.15) is 5.10 Å². The van der Waals surface area contributed by atoms with Crippen molar-refractivity contribution in [1.29, 1.82) is 0 Å². The molecule has 0 fully saturated rings. The van der Waals surface area contributed by atoms with Gasteiger partial charge in [-0.15, -0.1) is 11.8 Å². The summed E-state index contributed by atoms with van der Waals surface area (Å²) in [4.78, 5) is 28.7. The normalized spacial score (nSPS) is 16.7. The summed E-state index contributed by atoms with van der Waals surface area (Å²) in [5.74, 6) is 1.83. The lowest BCUT2D eigenvalue weighted by atomic mass is 9.99. The molecular weight excluding hydrogens is 536 g/mol. The lowest BCUT2D eigenvalue weighted by Gasteiger charge is -2.24. The number of fused-ring (bicyclic) bond motifs is 2. The van der Waals surface area contributed by atoms with Gasteiger partial charge in [0.15, 0.2) is 11.5 Å². The number of amides is 2. The minimum absolute atomic E-state index is 0.00127. The van der Waals surface area contributed by atoms with Crippen molar-refractivity contribution in [3.63, 3.8) is 0 Å². The van der Waals surface area contributed by atoms with Gasteiger partial charge < -0.3 is 14.8 Å². The average Bonchev–Trinajstić information content (AvgIpc) is 3.58. The van der Waals surface area contributed by atoms with Gasteiger partial charge in [0.1, 0.15) is 12.4 Å². The molecule has 2 aliphatic rings. The fourth-order valence-corrected chi connectivity index (χ4v) is 6.36. The van der Waals surface area contributed by atoms with Gasteiger partial charge >= 0.3 is 0 Å². The van der Waals surface area contributed by atoms with Crippen molar-refractivity contribution in [2.75, 3.05) is 24.0 Å². The molecule has 1 aromatic heterocycles. The Labute approximate surface area is 243 Å². The summed E-state index contributed by atoms with van der Waals surface area (Å²) in [6.07, 6.45) is 0.798. The third-order valence-electron chi connectivity index (χ3n) is 7.40. The Bertz CT molecular complexity index is 1600. The Morgan fingerprint density at radius 2 is 1.88 bits per heavy atom. The number of carbonyl (C=O) groups is 2. The number of anilines is 1. The number of hydrogen-bond acceptors (Lipinski definition) is 6. The zero-order valence-corrected chi connectivity index (χ0v) is 24.1. The van der Waals surface area contributed by atoms with Crippen LogP contribution in [-0.4, -0.2) is 46.7 Å². The molecule has 4 aromatic rings. The van der Waals surface area contributed by atoms with E-state index in [9.17, 15) is 9.59 Å². The molecule has 2 atom stereocenters. The predicted octanol–water partition coefficient (Wildman–Crippen LogP) is 5.66. The molecule has 8 nitrogen and oxygen atoms in total. The number of aryl methyl sites for hydroxylation is 1. The van der Waals surface area contributed by atoms with Crippen molar-refractivity contribution in [2.24, 2.45) is 0 Å². The van der Waals surface area contributed by atoms with E-state index in [2.05, 4.69) is 5.32 Å². The number of aromatic nitrogens is 2. The molecule has 1 N–H and O–H groups in total. The quantitative estimate of drug-likeness (QED) is 0.310. The van der Waals surface area contributed by atoms with E-state index in [1.807, 2.05) is 98.2 Å². The number of hydrogen-bond donors (Lipinski definition) is 1. The van der Waals surface area contributed by atoms with Crippen molar-refractivity contribution < 1.29 is 19.1 Å². The van der Waals surface area contributed by atoms with Crippen molar-refractivity contribution in [1.82, 2.24) is 15.1 Å². The molecule has 2 aliphatic heterocycles. The van der Waals surface area contributed by atoms with E-state index in [1.165, 1.54) is 11.8 Å².